The number of methoxy groups -OCH3 is 2. The van der Waals surface area contributed by atoms with E-state index in [0.717, 1.165) is 21.4 Å². The fourth-order valence-corrected chi connectivity index (χ4v) is 2.57. The molecule has 5 nitrogen and oxygen atoms in total. The lowest BCUT2D eigenvalue weighted by Crippen LogP contribution is -2.14. The third-order valence-electron chi connectivity index (χ3n) is 2.96. The second-order valence-corrected chi connectivity index (χ2v) is 5.42. The monoisotopic (exact) mass is 351 g/mol. The Bertz CT molecular complexity index is 603. The van der Waals surface area contributed by atoms with E-state index in [1.165, 1.54) is 0 Å². The summed E-state index contributed by atoms with van der Waals surface area (Å²) in [7, 11) is 3.25. The van der Waals surface area contributed by atoms with Crippen LogP contribution in [0.5, 0.6) is 11.5 Å². The summed E-state index contributed by atoms with van der Waals surface area (Å²) in [6.45, 7) is 3.29. The molecule has 6 heteroatoms. The standard InChI is InChI=1S/C15H18BrN3O2/c1-10-6-19-12(9-18-10)8-17-7-11-4-13(16)15(21-3)14(5-11)20-2/h4-6,9,17H,7-8H2,1-3H3. The Labute approximate surface area is 132 Å². The Morgan fingerprint density at radius 2 is 1.90 bits per heavy atom. The molecule has 2 aromatic rings. The van der Waals surface area contributed by atoms with E-state index >= 15 is 0 Å². The quantitative estimate of drug-likeness (QED) is 0.867. The van der Waals surface area contributed by atoms with Crippen molar-refractivity contribution in [3.05, 3.63) is 46.0 Å². The number of hydrogen-bond donors (Lipinski definition) is 1. The first kappa shape index (κ1) is 15.7. The number of benzene rings is 1. The van der Waals surface area contributed by atoms with Crippen molar-refractivity contribution in [2.45, 2.75) is 20.0 Å². The Balaban J connectivity index is 2.00. The summed E-state index contributed by atoms with van der Waals surface area (Å²) in [6.07, 6.45) is 3.55. The molecule has 0 unspecified atom stereocenters. The minimum Gasteiger partial charge on any atom is -0.493 e. The average molecular weight is 352 g/mol. The molecule has 1 aromatic carbocycles. The largest absolute Gasteiger partial charge is 0.493 e. The summed E-state index contributed by atoms with van der Waals surface area (Å²) >= 11 is 3.49. The molecule has 0 spiro atoms. The summed E-state index contributed by atoms with van der Waals surface area (Å²) in [5.74, 6) is 1.41. The topological polar surface area (TPSA) is 56.3 Å². The van der Waals surface area contributed by atoms with Crippen molar-refractivity contribution < 1.29 is 9.47 Å². The van der Waals surface area contributed by atoms with Crippen LogP contribution in [-0.4, -0.2) is 24.2 Å². The van der Waals surface area contributed by atoms with E-state index in [2.05, 4.69) is 31.2 Å². The minimum atomic E-state index is 0.666. The predicted molar refractivity (Wildman–Crippen MR) is 84.6 cm³/mol. The van der Waals surface area contributed by atoms with Gasteiger partial charge in [0.05, 0.1) is 30.1 Å². The molecule has 0 atom stereocenters. The molecule has 1 heterocycles. The van der Waals surface area contributed by atoms with E-state index in [4.69, 9.17) is 9.47 Å². The first-order valence-corrected chi connectivity index (χ1v) is 7.32. The summed E-state index contributed by atoms with van der Waals surface area (Å²) in [5, 5.41) is 3.33. The maximum atomic E-state index is 5.33. The molecule has 1 N–H and O–H groups in total. The maximum Gasteiger partial charge on any atom is 0.174 e. The van der Waals surface area contributed by atoms with Gasteiger partial charge in [0, 0.05) is 25.5 Å². The van der Waals surface area contributed by atoms with E-state index in [-0.39, 0.29) is 0 Å². The van der Waals surface area contributed by atoms with Gasteiger partial charge in [0.15, 0.2) is 11.5 Å². The van der Waals surface area contributed by atoms with Crippen LogP contribution >= 0.6 is 15.9 Å². The highest BCUT2D eigenvalue weighted by molar-refractivity contribution is 9.10. The molecule has 21 heavy (non-hydrogen) atoms. The van der Waals surface area contributed by atoms with Gasteiger partial charge in [-0.25, -0.2) is 0 Å². The molecule has 112 valence electrons. The average Bonchev–Trinajstić information content (AvgIpc) is 2.48. The molecule has 0 saturated carbocycles. The van der Waals surface area contributed by atoms with Gasteiger partial charge in [0.1, 0.15) is 0 Å². The fraction of sp³-hybridized carbons (Fsp3) is 0.333. The summed E-state index contributed by atoms with van der Waals surface area (Å²) in [6, 6.07) is 3.96. The van der Waals surface area contributed by atoms with Crippen LogP contribution in [0.15, 0.2) is 29.0 Å². The summed E-state index contributed by atoms with van der Waals surface area (Å²) < 4.78 is 11.5. The van der Waals surface area contributed by atoms with Crippen LogP contribution in [0.2, 0.25) is 0 Å². The smallest absolute Gasteiger partial charge is 0.174 e. The van der Waals surface area contributed by atoms with Crippen molar-refractivity contribution in [3.8, 4) is 11.5 Å². The van der Waals surface area contributed by atoms with Gasteiger partial charge in [-0.2, -0.15) is 0 Å². The van der Waals surface area contributed by atoms with Crippen LogP contribution in [0.4, 0.5) is 0 Å². The molecular formula is C15H18BrN3O2. The van der Waals surface area contributed by atoms with Crippen molar-refractivity contribution in [1.82, 2.24) is 15.3 Å². The fourth-order valence-electron chi connectivity index (χ4n) is 1.92. The molecular weight excluding hydrogens is 334 g/mol. The van der Waals surface area contributed by atoms with Crippen molar-refractivity contribution in [1.29, 1.82) is 0 Å². The zero-order valence-corrected chi connectivity index (χ0v) is 13.9. The van der Waals surface area contributed by atoms with Crippen molar-refractivity contribution in [2.75, 3.05) is 14.2 Å². The number of halogens is 1. The van der Waals surface area contributed by atoms with Gasteiger partial charge in [0.25, 0.3) is 0 Å². The van der Waals surface area contributed by atoms with Gasteiger partial charge in [0.2, 0.25) is 0 Å². The van der Waals surface area contributed by atoms with Crippen molar-refractivity contribution >= 4 is 15.9 Å². The highest BCUT2D eigenvalue weighted by atomic mass is 79.9. The number of ether oxygens (including phenoxy) is 2. The van der Waals surface area contributed by atoms with E-state index < -0.39 is 0 Å². The van der Waals surface area contributed by atoms with E-state index in [1.807, 2.05) is 19.1 Å². The maximum absolute atomic E-state index is 5.33. The summed E-state index contributed by atoms with van der Waals surface area (Å²) in [4.78, 5) is 8.53. The van der Waals surface area contributed by atoms with Gasteiger partial charge in [-0.1, -0.05) is 0 Å². The number of nitrogens with one attached hydrogen (secondary N) is 1. The highest BCUT2D eigenvalue weighted by Crippen LogP contribution is 2.36. The predicted octanol–water partition coefficient (Wildman–Crippen LogP) is 2.85. The zero-order chi connectivity index (χ0) is 15.2. The number of aryl methyl sites for hydroxylation is 1. The normalized spacial score (nSPS) is 10.5. The molecule has 0 bridgehead atoms. The van der Waals surface area contributed by atoms with Gasteiger partial charge in [-0.3, -0.25) is 9.97 Å². The van der Waals surface area contributed by atoms with Crippen LogP contribution < -0.4 is 14.8 Å². The summed E-state index contributed by atoms with van der Waals surface area (Å²) in [5.41, 5.74) is 2.93. The van der Waals surface area contributed by atoms with Crippen LogP contribution in [0.25, 0.3) is 0 Å². The Hall–Kier alpha value is -1.66. The van der Waals surface area contributed by atoms with E-state index in [9.17, 15) is 0 Å². The second kappa shape index (κ2) is 7.38. The molecule has 0 aliphatic rings. The number of hydrogen-bond acceptors (Lipinski definition) is 5. The number of aromatic nitrogens is 2. The molecule has 0 fully saturated rings. The molecule has 0 amide bonds. The Kier molecular flexibility index (Phi) is 5.52. The SMILES string of the molecule is COc1cc(CNCc2cnc(C)cn2)cc(Br)c1OC. The lowest BCUT2D eigenvalue weighted by molar-refractivity contribution is 0.352. The van der Waals surface area contributed by atoms with Gasteiger partial charge in [-0.05, 0) is 40.5 Å². The van der Waals surface area contributed by atoms with Crippen LogP contribution in [0, 0.1) is 6.92 Å². The Morgan fingerprint density at radius 3 is 2.52 bits per heavy atom. The highest BCUT2D eigenvalue weighted by Gasteiger charge is 2.10. The van der Waals surface area contributed by atoms with E-state index in [1.54, 1.807) is 26.6 Å². The first-order chi connectivity index (χ1) is 10.1. The van der Waals surface area contributed by atoms with Crippen LogP contribution in [0.3, 0.4) is 0 Å². The molecule has 1 aromatic heterocycles. The molecule has 2 rings (SSSR count). The number of nitrogens with zero attached hydrogens (tertiary/aromatic N) is 2. The van der Waals surface area contributed by atoms with Crippen LogP contribution in [0.1, 0.15) is 17.0 Å². The van der Waals surface area contributed by atoms with Crippen molar-refractivity contribution in [3.63, 3.8) is 0 Å². The second-order valence-electron chi connectivity index (χ2n) is 4.57. The van der Waals surface area contributed by atoms with Gasteiger partial charge in [-0.15, -0.1) is 0 Å². The molecule has 0 aliphatic carbocycles. The lowest BCUT2D eigenvalue weighted by Gasteiger charge is -2.12. The van der Waals surface area contributed by atoms with E-state index in [0.29, 0.717) is 24.6 Å². The van der Waals surface area contributed by atoms with Crippen LogP contribution in [-0.2, 0) is 13.1 Å². The molecule has 0 aliphatic heterocycles. The number of rotatable bonds is 6. The lowest BCUT2D eigenvalue weighted by atomic mass is 10.2. The third-order valence-corrected chi connectivity index (χ3v) is 3.55. The minimum absolute atomic E-state index is 0.666. The third kappa shape index (κ3) is 4.15. The Morgan fingerprint density at radius 1 is 1.10 bits per heavy atom. The van der Waals surface area contributed by atoms with Crippen molar-refractivity contribution in [2.24, 2.45) is 0 Å². The zero-order valence-electron chi connectivity index (χ0n) is 12.3. The van der Waals surface area contributed by atoms with Gasteiger partial charge < -0.3 is 14.8 Å². The molecule has 0 radical (unpaired) electrons. The first-order valence-electron chi connectivity index (χ1n) is 6.52. The molecule has 0 saturated heterocycles. The van der Waals surface area contributed by atoms with Gasteiger partial charge >= 0.3 is 0 Å².